The SMILES string of the molecule is CCCCCCCCCC/C=C\CCCCCCCCCCCCCCCCCCCCCCCC(=O)NC(COP(=O)(O)OCC[N+](C)(C)C)C(O)CCCCCCCCCCCCCCCCCCCCCCCCCCCCCCC. The number of nitrogens with one attached hydrogen (secondary N) is 1. The smallest absolute Gasteiger partial charge is 0.391 e. The molecule has 0 aromatic heterocycles. The molecule has 84 heavy (non-hydrogen) atoms. The number of nitrogens with zero attached hydrogens (tertiary/aromatic N) is 1. The van der Waals surface area contributed by atoms with Gasteiger partial charge in [0.05, 0.1) is 39.9 Å². The van der Waals surface area contributed by atoms with Crippen molar-refractivity contribution in [3.8, 4) is 0 Å². The quantitative estimate of drug-likeness (QED) is 0.0243. The Balaban J connectivity index is 3.94. The number of phosphoric ester groups is 1. The first-order chi connectivity index (χ1) is 41.0. The Labute approximate surface area is 526 Å². The van der Waals surface area contributed by atoms with Crippen molar-refractivity contribution in [3.63, 3.8) is 0 Å². The summed E-state index contributed by atoms with van der Waals surface area (Å²) in [5, 5.41) is 14.2. The molecule has 8 nitrogen and oxygen atoms in total. The van der Waals surface area contributed by atoms with Crippen LogP contribution in [-0.2, 0) is 18.4 Å². The lowest BCUT2D eigenvalue weighted by molar-refractivity contribution is -0.870. The van der Waals surface area contributed by atoms with Crippen LogP contribution in [0.5, 0.6) is 0 Å². The molecule has 9 heteroatoms. The molecule has 0 saturated carbocycles. The summed E-state index contributed by atoms with van der Waals surface area (Å²) in [6.45, 7) is 4.96. The molecule has 0 spiro atoms. The molecule has 3 unspecified atom stereocenters. The van der Waals surface area contributed by atoms with Gasteiger partial charge in [0.1, 0.15) is 13.2 Å². The summed E-state index contributed by atoms with van der Waals surface area (Å²) in [5.41, 5.74) is 0. The van der Waals surface area contributed by atoms with E-state index in [1.165, 1.54) is 347 Å². The van der Waals surface area contributed by atoms with Gasteiger partial charge in [-0.3, -0.25) is 13.8 Å². The zero-order valence-corrected chi connectivity index (χ0v) is 58.6. The molecule has 0 aromatic carbocycles. The first-order valence-electron chi connectivity index (χ1n) is 38.1. The topological polar surface area (TPSA) is 105 Å². The van der Waals surface area contributed by atoms with Gasteiger partial charge < -0.3 is 19.8 Å². The molecule has 1 amide bonds. The molecule has 502 valence electrons. The highest BCUT2D eigenvalue weighted by atomic mass is 31.2. The molecular weight excluding hydrogens is 1060 g/mol. The number of allylic oxidation sites excluding steroid dienone is 2. The normalized spacial score (nSPS) is 13.6. The van der Waals surface area contributed by atoms with Crippen LogP contribution < -0.4 is 5.32 Å². The molecule has 0 aliphatic heterocycles. The molecule has 0 aliphatic carbocycles. The van der Waals surface area contributed by atoms with Gasteiger partial charge in [-0.25, -0.2) is 4.57 Å². The molecule has 0 aromatic rings. The fraction of sp³-hybridized carbons (Fsp3) is 0.960. The highest BCUT2D eigenvalue weighted by Gasteiger charge is 2.28. The minimum absolute atomic E-state index is 0.0787. The number of quaternary nitrogens is 1. The number of unbranched alkanes of at least 4 members (excludes halogenated alkanes) is 57. The van der Waals surface area contributed by atoms with E-state index in [1.807, 2.05) is 21.1 Å². The molecule has 0 rings (SSSR count). The Kier molecular flexibility index (Phi) is 66.1. The number of hydrogen-bond donors (Lipinski definition) is 3. The van der Waals surface area contributed by atoms with Crippen molar-refractivity contribution in [3.05, 3.63) is 12.2 Å². The van der Waals surface area contributed by atoms with E-state index in [1.54, 1.807) is 0 Å². The third-order valence-electron chi connectivity index (χ3n) is 18.0. The van der Waals surface area contributed by atoms with Crippen LogP contribution in [0.4, 0.5) is 0 Å². The van der Waals surface area contributed by atoms with Gasteiger partial charge in [0, 0.05) is 6.42 Å². The predicted octanol–water partition coefficient (Wildman–Crippen LogP) is 24.5. The Bertz CT molecular complexity index is 1370. The Hall–Kier alpha value is -0.760. The summed E-state index contributed by atoms with van der Waals surface area (Å²) >= 11 is 0. The maximum Gasteiger partial charge on any atom is 0.472 e. The lowest BCUT2D eigenvalue weighted by atomic mass is 10.0. The van der Waals surface area contributed by atoms with Crippen LogP contribution in [0.25, 0.3) is 0 Å². The maximum absolute atomic E-state index is 13.1. The minimum atomic E-state index is -4.33. The number of hydrogen-bond acceptors (Lipinski definition) is 5. The van der Waals surface area contributed by atoms with Crippen LogP contribution in [0.3, 0.4) is 0 Å². The van der Waals surface area contributed by atoms with E-state index in [9.17, 15) is 19.4 Å². The second-order valence-corrected chi connectivity index (χ2v) is 29.2. The summed E-state index contributed by atoms with van der Waals surface area (Å²) in [4.78, 5) is 23.5. The Morgan fingerprint density at radius 3 is 0.917 bits per heavy atom. The van der Waals surface area contributed by atoms with Crippen molar-refractivity contribution >= 4 is 13.7 Å². The van der Waals surface area contributed by atoms with Crippen molar-refractivity contribution in [2.75, 3.05) is 40.9 Å². The summed E-state index contributed by atoms with van der Waals surface area (Å²) < 4.78 is 23.9. The number of rotatable bonds is 72. The van der Waals surface area contributed by atoms with E-state index in [2.05, 4.69) is 31.3 Å². The van der Waals surface area contributed by atoms with Crippen LogP contribution in [0.15, 0.2) is 12.2 Å². The largest absolute Gasteiger partial charge is 0.472 e. The van der Waals surface area contributed by atoms with Crippen molar-refractivity contribution in [2.24, 2.45) is 0 Å². The Morgan fingerprint density at radius 2 is 0.643 bits per heavy atom. The molecule has 0 fully saturated rings. The Morgan fingerprint density at radius 1 is 0.393 bits per heavy atom. The fourth-order valence-electron chi connectivity index (χ4n) is 12.1. The average Bonchev–Trinajstić information content (AvgIpc) is 3.56. The van der Waals surface area contributed by atoms with Crippen molar-refractivity contribution in [1.29, 1.82) is 0 Å². The van der Waals surface area contributed by atoms with Gasteiger partial charge in [-0.05, 0) is 38.5 Å². The molecule has 0 heterocycles. The molecule has 0 bridgehead atoms. The molecule has 0 aliphatic rings. The highest BCUT2D eigenvalue weighted by Crippen LogP contribution is 2.43. The van der Waals surface area contributed by atoms with Crippen LogP contribution in [-0.4, -0.2) is 73.4 Å². The van der Waals surface area contributed by atoms with Crippen LogP contribution in [0.1, 0.15) is 412 Å². The molecule has 3 N–H and O–H groups in total. The predicted molar refractivity (Wildman–Crippen MR) is 369 cm³/mol. The van der Waals surface area contributed by atoms with E-state index in [0.29, 0.717) is 23.9 Å². The van der Waals surface area contributed by atoms with E-state index in [4.69, 9.17) is 9.05 Å². The highest BCUT2D eigenvalue weighted by molar-refractivity contribution is 7.47. The van der Waals surface area contributed by atoms with E-state index >= 15 is 0 Å². The zero-order valence-electron chi connectivity index (χ0n) is 57.7. The zero-order chi connectivity index (χ0) is 61.2. The van der Waals surface area contributed by atoms with Gasteiger partial charge >= 0.3 is 7.82 Å². The van der Waals surface area contributed by atoms with E-state index in [0.717, 1.165) is 38.5 Å². The van der Waals surface area contributed by atoms with Gasteiger partial charge in [0.15, 0.2) is 0 Å². The third kappa shape index (κ3) is 68.7. The first kappa shape index (κ1) is 83.2. The molecule has 0 saturated heterocycles. The average molecular weight is 1210 g/mol. The summed E-state index contributed by atoms with van der Waals surface area (Å²) in [6.07, 6.45) is 86.3. The van der Waals surface area contributed by atoms with Gasteiger partial charge in [-0.15, -0.1) is 0 Å². The molecule has 0 radical (unpaired) electrons. The lowest BCUT2D eigenvalue weighted by Gasteiger charge is -2.26. The lowest BCUT2D eigenvalue weighted by Crippen LogP contribution is -2.46. The summed E-state index contributed by atoms with van der Waals surface area (Å²) in [7, 11) is 1.64. The number of carbonyl (C=O) groups excluding carboxylic acids is 1. The van der Waals surface area contributed by atoms with Crippen molar-refractivity contribution in [1.82, 2.24) is 5.32 Å². The number of phosphoric acid groups is 1. The summed E-state index contributed by atoms with van der Waals surface area (Å²) in [5.74, 6) is -0.133. The molecular formula is C75H152N2O6P+. The number of carbonyl (C=O) groups is 1. The van der Waals surface area contributed by atoms with Gasteiger partial charge in [0.25, 0.3) is 0 Å². The van der Waals surface area contributed by atoms with Gasteiger partial charge in [0.2, 0.25) is 5.91 Å². The minimum Gasteiger partial charge on any atom is -0.391 e. The van der Waals surface area contributed by atoms with Crippen LogP contribution in [0.2, 0.25) is 0 Å². The number of aliphatic hydroxyl groups excluding tert-OH is 1. The first-order valence-corrected chi connectivity index (χ1v) is 39.5. The van der Waals surface area contributed by atoms with Crippen LogP contribution in [0, 0.1) is 0 Å². The second kappa shape index (κ2) is 66.7. The monoisotopic (exact) mass is 1210 g/mol. The van der Waals surface area contributed by atoms with Gasteiger partial charge in [-0.2, -0.15) is 0 Å². The number of amides is 1. The number of likely N-dealkylation sites (N-methyl/N-ethyl adjacent to an activating group) is 1. The summed E-state index contributed by atoms with van der Waals surface area (Å²) in [6, 6.07) is -0.759. The van der Waals surface area contributed by atoms with E-state index in [-0.39, 0.29) is 19.1 Å². The third-order valence-corrected chi connectivity index (χ3v) is 19.0. The molecule has 3 atom stereocenters. The van der Waals surface area contributed by atoms with E-state index < -0.39 is 20.0 Å². The van der Waals surface area contributed by atoms with Crippen molar-refractivity contribution < 1.29 is 32.9 Å². The van der Waals surface area contributed by atoms with Crippen LogP contribution >= 0.6 is 7.82 Å². The fourth-order valence-corrected chi connectivity index (χ4v) is 12.8. The maximum atomic E-state index is 13.1. The standard InChI is InChI=1S/C75H151N2O6P/c1-6-8-10-12-14-16-18-20-22-24-26-28-30-32-34-36-37-38-39-41-43-45-47-49-51-53-55-57-59-61-63-65-67-69-75(79)76-73(72-83-84(80,81)82-71-70-77(3,4)5)74(78)68-66-64-62-60-58-56-54-52-50-48-46-44-42-40-35-33-31-29-27-25-23-21-19-17-15-13-11-9-7-2/h24,26,73-74,78H,6-23,25,27-72H2,1-5H3,(H-,76,79,80,81)/p+1/b26-24-. The van der Waals surface area contributed by atoms with Crippen molar-refractivity contribution in [2.45, 2.75) is 424 Å². The van der Waals surface area contributed by atoms with Gasteiger partial charge in [-0.1, -0.05) is 379 Å². The second-order valence-electron chi connectivity index (χ2n) is 27.7. The number of aliphatic hydroxyl groups is 1.